The van der Waals surface area contributed by atoms with Crippen LogP contribution in [-0.2, 0) is 17.8 Å². The summed E-state index contributed by atoms with van der Waals surface area (Å²) in [5.41, 5.74) is 4.43. The highest BCUT2D eigenvalue weighted by atomic mass is 32.1. The number of nitrogens with zero attached hydrogens (tertiary/aromatic N) is 2. The predicted molar refractivity (Wildman–Crippen MR) is 151 cm³/mol. The third-order valence-electron chi connectivity index (χ3n) is 5.38. The molecular weight excluding hydrogens is 470 g/mol. The summed E-state index contributed by atoms with van der Waals surface area (Å²) in [5, 5.41) is 12.2. The first kappa shape index (κ1) is 26.6. The minimum atomic E-state index is -0.860. The molecule has 0 aliphatic carbocycles. The van der Waals surface area contributed by atoms with Gasteiger partial charge in [-0.15, -0.1) is 17.9 Å². The summed E-state index contributed by atoms with van der Waals surface area (Å²) in [6.45, 7) is 12.8. The topological polar surface area (TPSA) is 83.3 Å². The highest BCUT2D eigenvalue weighted by molar-refractivity contribution is 7.15. The van der Waals surface area contributed by atoms with E-state index >= 15 is 0 Å². The lowest BCUT2D eigenvalue weighted by Gasteiger charge is -2.13. The molecule has 0 bridgehead atoms. The predicted octanol–water partition coefficient (Wildman–Crippen LogP) is 7.00. The van der Waals surface area contributed by atoms with E-state index in [2.05, 4.69) is 47.9 Å². The number of hydrogen-bond donors (Lipinski definition) is 2. The number of anilines is 1. The Morgan fingerprint density at radius 3 is 2.44 bits per heavy atom. The SMILES string of the molecule is C=CC/C(C(C)=NCc1ccc(-c2ccc(OCC)cc2)s1)=C(/N=C)Nc1ccc(CC(=O)O)cc1. The molecule has 0 saturated carbocycles. The second-order valence-electron chi connectivity index (χ2n) is 8.00. The van der Waals surface area contributed by atoms with Crippen LogP contribution >= 0.6 is 11.3 Å². The van der Waals surface area contributed by atoms with Gasteiger partial charge in [-0.3, -0.25) is 9.79 Å². The van der Waals surface area contributed by atoms with Crippen molar-refractivity contribution < 1.29 is 14.6 Å². The lowest BCUT2D eigenvalue weighted by atomic mass is 10.1. The maximum absolute atomic E-state index is 10.9. The molecular formula is C29H31N3O3S. The molecule has 0 aliphatic heterocycles. The third kappa shape index (κ3) is 7.52. The second kappa shape index (κ2) is 13.2. The second-order valence-corrected chi connectivity index (χ2v) is 9.16. The fourth-order valence-electron chi connectivity index (χ4n) is 3.58. The highest BCUT2D eigenvalue weighted by Crippen LogP contribution is 2.30. The van der Waals surface area contributed by atoms with Gasteiger partial charge in [0.2, 0.25) is 0 Å². The standard InChI is InChI=1S/C29H31N3O3S/c1-5-7-26(29(30-4)32-23-12-8-21(9-13-23)18-28(33)34)20(3)31-19-25-16-17-27(36-25)22-10-14-24(15-11-22)35-6-2/h5,8-17,32H,1,4,6-7,18-19H2,2-3H3,(H,33,34)/b29-26+,31-20?. The molecule has 186 valence electrons. The van der Waals surface area contributed by atoms with Crippen molar-refractivity contribution in [3.05, 3.63) is 95.2 Å². The van der Waals surface area contributed by atoms with E-state index in [-0.39, 0.29) is 6.42 Å². The Labute approximate surface area is 216 Å². The van der Waals surface area contributed by atoms with Crippen LogP contribution in [0.25, 0.3) is 10.4 Å². The van der Waals surface area contributed by atoms with Crippen LogP contribution in [0.4, 0.5) is 5.69 Å². The first-order valence-corrected chi connectivity index (χ1v) is 12.5. The average molecular weight is 502 g/mol. The van der Waals surface area contributed by atoms with Gasteiger partial charge in [0.1, 0.15) is 11.6 Å². The Bertz CT molecular complexity index is 1260. The van der Waals surface area contributed by atoms with Gasteiger partial charge < -0.3 is 15.2 Å². The van der Waals surface area contributed by atoms with Gasteiger partial charge in [-0.05, 0) is 86.6 Å². The monoisotopic (exact) mass is 501 g/mol. The maximum atomic E-state index is 10.9. The number of aliphatic imine (C=N–C) groups is 2. The molecule has 2 N–H and O–H groups in total. The van der Waals surface area contributed by atoms with Crippen LogP contribution in [0.3, 0.4) is 0 Å². The van der Waals surface area contributed by atoms with Crippen LogP contribution in [0.5, 0.6) is 5.75 Å². The summed E-state index contributed by atoms with van der Waals surface area (Å²) in [5.74, 6) is 0.612. The molecule has 1 heterocycles. The van der Waals surface area contributed by atoms with Gasteiger partial charge in [0.25, 0.3) is 0 Å². The zero-order chi connectivity index (χ0) is 25.9. The largest absolute Gasteiger partial charge is 0.494 e. The van der Waals surface area contributed by atoms with Gasteiger partial charge in [-0.2, -0.15) is 0 Å². The summed E-state index contributed by atoms with van der Waals surface area (Å²) in [6.07, 6.45) is 2.38. The van der Waals surface area contributed by atoms with Gasteiger partial charge in [-0.25, -0.2) is 4.99 Å². The van der Waals surface area contributed by atoms with Crippen molar-refractivity contribution in [2.45, 2.75) is 33.2 Å². The van der Waals surface area contributed by atoms with Crippen molar-refractivity contribution in [1.82, 2.24) is 0 Å². The minimum absolute atomic E-state index is 0.0147. The van der Waals surface area contributed by atoms with Crippen LogP contribution < -0.4 is 10.1 Å². The number of ether oxygens (including phenoxy) is 1. The molecule has 0 fully saturated rings. The number of carbonyl (C=O) groups is 1. The summed E-state index contributed by atoms with van der Waals surface area (Å²) in [6, 6.07) is 19.6. The highest BCUT2D eigenvalue weighted by Gasteiger charge is 2.10. The van der Waals surface area contributed by atoms with E-state index in [1.165, 1.54) is 4.88 Å². The molecule has 0 spiro atoms. The molecule has 7 heteroatoms. The molecule has 0 unspecified atom stereocenters. The number of thiophene rings is 1. The Morgan fingerprint density at radius 1 is 1.11 bits per heavy atom. The van der Waals surface area contributed by atoms with Crippen LogP contribution in [-0.4, -0.2) is 30.1 Å². The van der Waals surface area contributed by atoms with Crippen molar-refractivity contribution in [1.29, 1.82) is 0 Å². The Balaban J connectivity index is 1.75. The first-order valence-electron chi connectivity index (χ1n) is 11.6. The summed E-state index contributed by atoms with van der Waals surface area (Å²) in [4.78, 5) is 22.3. The van der Waals surface area contributed by atoms with E-state index in [1.54, 1.807) is 23.5 Å². The van der Waals surface area contributed by atoms with E-state index in [0.29, 0.717) is 25.4 Å². The lowest BCUT2D eigenvalue weighted by molar-refractivity contribution is -0.136. The Morgan fingerprint density at radius 2 is 1.83 bits per heavy atom. The third-order valence-corrected chi connectivity index (χ3v) is 6.50. The molecule has 3 aromatic rings. The van der Waals surface area contributed by atoms with Crippen molar-refractivity contribution in [3.63, 3.8) is 0 Å². The van der Waals surface area contributed by atoms with Gasteiger partial charge in [-0.1, -0.05) is 18.2 Å². The fourth-order valence-corrected chi connectivity index (χ4v) is 4.52. The van der Waals surface area contributed by atoms with Crippen molar-refractivity contribution in [3.8, 4) is 16.2 Å². The molecule has 0 atom stereocenters. The van der Waals surface area contributed by atoms with Gasteiger partial charge >= 0.3 is 5.97 Å². The molecule has 0 saturated heterocycles. The van der Waals surface area contributed by atoms with E-state index in [0.717, 1.165) is 38.7 Å². The van der Waals surface area contributed by atoms with Gasteiger partial charge in [0.05, 0.1) is 19.6 Å². The van der Waals surface area contributed by atoms with Crippen LogP contribution in [0.1, 0.15) is 30.7 Å². The number of rotatable bonds is 13. The number of carboxylic acid groups (broad SMARTS) is 1. The number of carboxylic acids is 1. The summed E-state index contributed by atoms with van der Waals surface area (Å²) >= 11 is 1.72. The van der Waals surface area contributed by atoms with Crippen LogP contribution in [0, 0.1) is 0 Å². The quantitative estimate of drug-likeness (QED) is 0.195. The molecule has 1 aromatic heterocycles. The van der Waals surface area contributed by atoms with E-state index in [9.17, 15) is 4.79 Å². The number of hydrogen-bond acceptors (Lipinski definition) is 6. The minimum Gasteiger partial charge on any atom is -0.494 e. The lowest BCUT2D eigenvalue weighted by Crippen LogP contribution is -2.08. The van der Waals surface area contributed by atoms with Crippen molar-refractivity contribution in [2.24, 2.45) is 9.98 Å². The molecule has 36 heavy (non-hydrogen) atoms. The van der Waals surface area contributed by atoms with Crippen LogP contribution in [0.15, 0.2) is 94.7 Å². The number of nitrogens with one attached hydrogen (secondary N) is 1. The molecule has 0 radical (unpaired) electrons. The van der Waals surface area contributed by atoms with E-state index in [4.69, 9.17) is 14.8 Å². The molecule has 0 amide bonds. The summed E-state index contributed by atoms with van der Waals surface area (Å²) < 4.78 is 5.53. The zero-order valence-corrected chi connectivity index (χ0v) is 21.5. The molecule has 6 nitrogen and oxygen atoms in total. The fraction of sp³-hybridized carbons (Fsp3) is 0.207. The molecule has 3 rings (SSSR count). The number of allylic oxidation sites excluding steroid dienone is 2. The smallest absolute Gasteiger partial charge is 0.307 e. The average Bonchev–Trinajstić information content (AvgIpc) is 3.35. The maximum Gasteiger partial charge on any atom is 0.307 e. The Kier molecular flexibility index (Phi) is 9.77. The number of benzene rings is 2. The van der Waals surface area contributed by atoms with Crippen LogP contribution in [0.2, 0.25) is 0 Å². The zero-order valence-electron chi connectivity index (χ0n) is 20.7. The normalized spacial score (nSPS) is 12.0. The van der Waals surface area contributed by atoms with E-state index in [1.807, 2.05) is 44.2 Å². The number of aliphatic carboxylic acids is 1. The van der Waals surface area contributed by atoms with Gasteiger partial charge in [0, 0.05) is 26.7 Å². The first-order chi connectivity index (χ1) is 17.4. The van der Waals surface area contributed by atoms with Crippen molar-refractivity contribution in [2.75, 3.05) is 11.9 Å². The van der Waals surface area contributed by atoms with E-state index < -0.39 is 5.97 Å². The van der Waals surface area contributed by atoms with Gasteiger partial charge in [0.15, 0.2) is 0 Å². The molecule has 0 aliphatic rings. The Hall–Kier alpha value is -3.97. The summed E-state index contributed by atoms with van der Waals surface area (Å²) in [7, 11) is 0. The van der Waals surface area contributed by atoms with Crippen molar-refractivity contribution >= 4 is 35.4 Å². The molecule has 2 aromatic carbocycles.